The van der Waals surface area contributed by atoms with Gasteiger partial charge in [-0.15, -0.1) is 4.36 Å². The standard InChI is InChI=1S/C8H10N2O3S/c1-14(13,10-8(11)12)7-4-2-3-6(9)5-7/h2-5H,9H2,1H3,(H,11,12)/t14-/m1/s1. The minimum Gasteiger partial charge on any atom is -0.463 e. The van der Waals surface area contributed by atoms with Crippen molar-refractivity contribution in [3.05, 3.63) is 24.3 Å². The van der Waals surface area contributed by atoms with E-state index in [1.165, 1.54) is 18.4 Å². The summed E-state index contributed by atoms with van der Waals surface area (Å²) in [6, 6.07) is 6.21. The molecule has 0 aliphatic carbocycles. The molecule has 14 heavy (non-hydrogen) atoms. The molecule has 0 saturated heterocycles. The molecule has 76 valence electrons. The molecule has 1 aromatic carbocycles. The molecule has 0 radical (unpaired) electrons. The van der Waals surface area contributed by atoms with Gasteiger partial charge in [0.05, 0.1) is 9.73 Å². The fourth-order valence-electron chi connectivity index (χ4n) is 0.952. The Morgan fingerprint density at radius 2 is 2.21 bits per heavy atom. The summed E-state index contributed by atoms with van der Waals surface area (Å²) < 4.78 is 14.9. The van der Waals surface area contributed by atoms with Gasteiger partial charge in [0.25, 0.3) is 0 Å². The van der Waals surface area contributed by atoms with Crippen LogP contribution in [0, 0.1) is 0 Å². The van der Waals surface area contributed by atoms with Gasteiger partial charge in [-0.05, 0) is 18.2 Å². The topological polar surface area (TPSA) is 92.8 Å². The number of nitrogens with zero attached hydrogens (tertiary/aromatic N) is 1. The third-order valence-corrected chi connectivity index (χ3v) is 3.18. The first-order valence-electron chi connectivity index (χ1n) is 3.72. The largest absolute Gasteiger partial charge is 0.463 e. The van der Waals surface area contributed by atoms with Crippen molar-refractivity contribution in [3.63, 3.8) is 0 Å². The lowest BCUT2D eigenvalue weighted by molar-refractivity contribution is 0.206. The van der Waals surface area contributed by atoms with E-state index >= 15 is 0 Å². The molecule has 0 heterocycles. The molecule has 0 bridgehead atoms. The highest BCUT2D eigenvalue weighted by molar-refractivity contribution is 7.93. The number of hydrogen-bond acceptors (Lipinski definition) is 3. The zero-order valence-corrected chi connectivity index (χ0v) is 8.32. The molecule has 0 spiro atoms. The van der Waals surface area contributed by atoms with Crippen LogP contribution >= 0.6 is 0 Å². The highest BCUT2D eigenvalue weighted by atomic mass is 32.2. The van der Waals surface area contributed by atoms with E-state index in [1.807, 2.05) is 0 Å². The molecule has 1 amide bonds. The molecule has 0 aromatic heterocycles. The lowest BCUT2D eigenvalue weighted by Gasteiger charge is -2.02. The predicted octanol–water partition coefficient (Wildman–Crippen LogP) is 1.40. The van der Waals surface area contributed by atoms with Crippen LogP contribution in [0.2, 0.25) is 0 Å². The van der Waals surface area contributed by atoms with E-state index in [2.05, 4.69) is 4.36 Å². The second-order valence-corrected chi connectivity index (χ2v) is 5.01. The lowest BCUT2D eigenvalue weighted by Crippen LogP contribution is -2.02. The average Bonchev–Trinajstić information content (AvgIpc) is 2.01. The van der Waals surface area contributed by atoms with E-state index in [4.69, 9.17) is 10.8 Å². The lowest BCUT2D eigenvalue weighted by atomic mass is 10.3. The number of amides is 1. The molecule has 1 atom stereocenters. The molecular formula is C8H10N2O3S. The molecule has 3 N–H and O–H groups in total. The summed E-state index contributed by atoms with van der Waals surface area (Å²) in [5.74, 6) is 0. The van der Waals surface area contributed by atoms with Crippen molar-refractivity contribution in [2.75, 3.05) is 12.0 Å². The van der Waals surface area contributed by atoms with Crippen molar-refractivity contribution >= 4 is 21.5 Å². The minimum atomic E-state index is -2.89. The van der Waals surface area contributed by atoms with Crippen molar-refractivity contribution in [3.8, 4) is 0 Å². The van der Waals surface area contributed by atoms with Crippen LogP contribution in [0.15, 0.2) is 33.5 Å². The van der Waals surface area contributed by atoms with Crippen molar-refractivity contribution < 1.29 is 14.1 Å². The Kier molecular flexibility index (Phi) is 2.76. The average molecular weight is 214 g/mol. The smallest absolute Gasteiger partial charge is 0.439 e. The molecule has 1 rings (SSSR count). The Bertz CT molecular complexity index is 475. The fraction of sp³-hybridized carbons (Fsp3) is 0.125. The number of carboxylic acid groups (broad SMARTS) is 1. The van der Waals surface area contributed by atoms with Gasteiger partial charge in [0.2, 0.25) is 0 Å². The summed E-state index contributed by atoms with van der Waals surface area (Å²) in [4.78, 5) is 10.6. The highest BCUT2D eigenvalue weighted by Crippen LogP contribution is 2.14. The quantitative estimate of drug-likeness (QED) is 0.691. The molecule has 0 fully saturated rings. The monoisotopic (exact) mass is 214 g/mol. The van der Waals surface area contributed by atoms with Crippen molar-refractivity contribution in [2.45, 2.75) is 4.90 Å². The van der Waals surface area contributed by atoms with Gasteiger partial charge in [0, 0.05) is 16.8 Å². The van der Waals surface area contributed by atoms with Crippen molar-refractivity contribution in [1.82, 2.24) is 0 Å². The third-order valence-electron chi connectivity index (χ3n) is 1.55. The molecular weight excluding hydrogens is 204 g/mol. The van der Waals surface area contributed by atoms with Gasteiger partial charge < -0.3 is 10.8 Å². The summed E-state index contributed by atoms with van der Waals surface area (Å²) in [5.41, 5.74) is 5.90. The second kappa shape index (κ2) is 3.67. The van der Waals surface area contributed by atoms with Crippen LogP contribution in [-0.4, -0.2) is 21.7 Å². The Hall–Kier alpha value is -1.56. The maximum Gasteiger partial charge on any atom is 0.439 e. The third kappa shape index (κ3) is 2.46. The highest BCUT2D eigenvalue weighted by Gasteiger charge is 2.08. The maximum absolute atomic E-state index is 11.7. The summed E-state index contributed by atoms with van der Waals surface area (Å²) in [6.45, 7) is 0. The molecule has 0 aliphatic rings. The number of rotatable bonds is 1. The van der Waals surface area contributed by atoms with Crippen LogP contribution in [0.4, 0.5) is 10.5 Å². The van der Waals surface area contributed by atoms with Crippen LogP contribution in [0.5, 0.6) is 0 Å². The zero-order valence-electron chi connectivity index (χ0n) is 7.51. The summed E-state index contributed by atoms with van der Waals surface area (Å²) in [5, 5.41) is 8.40. The first-order valence-corrected chi connectivity index (χ1v) is 5.65. The Morgan fingerprint density at radius 3 is 2.71 bits per heavy atom. The normalized spacial score (nSPS) is 14.4. The van der Waals surface area contributed by atoms with E-state index < -0.39 is 15.8 Å². The fourth-order valence-corrected chi connectivity index (χ4v) is 2.04. The molecule has 0 aliphatic heterocycles. The molecule has 1 aromatic rings. The first-order chi connectivity index (χ1) is 6.42. The van der Waals surface area contributed by atoms with Gasteiger partial charge >= 0.3 is 6.09 Å². The van der Waals surface area contributed by atoms with E-state index in [0.29, 0.717) is 10.6 Å². The Labute approximate surface area is 81.7 Å². The van der Waals surface area contributed by atoms with Crippen molar-refractivity contribution in [1.29, 1.82) is 0 Å². The van der Waals surface area contributed by atoms with Crippen LogP contribution < -0.4 is 5.73 Å². The summed E-state index contributed by atoms with van der Waals surface area (Å²) in [6.07, 6.45) is -0.185. The SMILES string of the molecule is C[S@](=O)(=NC(=O)O)c1cccc(N)c1. The van der Waals surface area contributed by atoms with Crippen LogP contribution in [0.1, 0.15) is 0 Å². The maximum atomic E-state index is 11.7. The number of nitrogen functional groups attached to an aromatic ring is 1. The van der Waals surface area contributed by atoms with Crippen LogP contribution in [0.25, 0.3) is 0 Å². The van der Waals surface area contributed by atoms with Gasteiger partial charge in [-0.25, -0.2) is 9.00 Å². The van der Waals surface area contributed by atoms with E-state index in [9.17, 15) is 9.00 Å². The number of nitrogens with two attached hydrogens (primary N) is 1. The van der Waals surface area contributed by atoms with Gasteiger partial charge in [-0.1, -0.05) is 6.07 Å². The summed E-state index contributed by atoms with van der Waals surface area (Å²) >= 11 is 0. The molecule has 0 unspecified atom stereocenters. The minimum absolute atomic E-state index is 0.319. The number of anilines is 1. The van der Waals surface area contributed by atoms with E-state index in [0.717, 1.165) is 0 Å². The summed E-state index contributed by atoms with van der Waals surface area (Å²) in [7, 11) is -2.89. The Balaban J connectivity index is 3.30. The van der Waals surface area contributed by atoms with Crippen molar-refractivity contribution in [2.24, 2.45) is 4.36 Å². The first kappa shape index (κ1) is 10.5. The molecule has 0 saturated carbocycles. The number of carbonyl (C=O) groups is 1. The molecule has 5 nitrogen and oxygen atoms in total. The van der Waals surface area contributed by atoms with Gasteiger partial charge in [0.15, 0.2) is 0 Å². The van der Waals surface area contributed by atoms with E-state index in [-0.39, 0.29) is 0 Å². The molecule has 6 heteroatoms. The number of benzene rings is 1. The van der Waals surface area contributed by atoms with Gasteiger partial charge in [-0.2, -0.15) is 0 Å². The Morgan fingerprint density at radius 1 is 1.57 bits per heavy atom. The predicted molar refractivity (Wildman–Crippen MR) is 53.6 cm³/mol. The van der Waals surface area contributed by atoms with Gasteiger partial charge in [-0.3, -0.25) is 0 Å². The van der Waals surface area contributed by atoms with Crippen LogP contribution in [0.3, 0.4) is 0 Å². The van der Waals surface area contributed by atoms with E-state index in [1.54, 1.807) is 12.1 Å². The van der Waals surface area contributed by atoms with Crippen LogP contribution in [-0.2, 0) is 9.73 Å². The second-order valence-electron chi connectivity index (χ2n) is 2.75. The van der Waals surface area contributed by atoms with Gasteiger partial charge in [0.1, 0.15) is 0 Å². The zero-order chi connectivity index (χ0) is 10.8. The number of hydrogen-bond donors (Lipinski definition) is 2.